The van der Waals surface area contributed by atoms with Gasteiger partial charge in [0.15, 0.2) is 17.3 Å². The Morgan fingerprint density at radius 2 is 2.22 bits per heavy atom. The Morgan fingerprint density at radius 3 is 2.85 bits per heavy atom. The van der Waals surface area contributed by atoms with Crippen LogP contribution in [0, 0.1) is 6.92 Å². The molecule has 0 spiro atoms. The molecule has 2 aromatic rings. The minimum atomic E-state index is 0.0806. The van der Waals surface area contributed by atoms with E-state index in [1.54, 1.807) is 7.11 Å². The molecule has 1 fully saturated rings. The van der Waals surface area contributed by atoms with E-state index in [-0.39, 0.29) is 12.1 Å². The van der Waals surface area contributed by atoms with Gasteiger partial charge in [0.1, 0.15) is 0 Å². The first-order valence-corrected chi connectivity index (χ1v) is 9.53. The van der Waals surface area contributed by atoms with E-state index in [1.165, 1.54) is 5.56 Å². The van der Waals surface area contributed by atoms with Gasteiger partial charge in [-0.25, -0.2) is 0 Å². The zero-order valence-corrected chi connectivity index (χ0v) is 16.7. The van der Waals surface area contributed by atoms with E-state index in [2.05, 4.69) is 33.8 Å². The van der Waals surface area contributed by atoms with Gasteiger partial charge >= 0.3 is 0 Å². The molecule has 1 aromatic carbocycles. The quantitative estimate of drug-likeness (QED) is 0.647. The van der Waals surface area contributed by atoms with Gasteiger partial charge < -0.3 is 14.0 Å². The van der Waals surface area contributed by atoms with Crippen LogP contribution in [0.15, 0.2) is 29.3 Å². The molecule has 6 heteroatoms. The molecular formula is C21H29N3O3. The number of hydrogen-bond acceptors (Lipinski definition) is 6. The summed E-state index contributed by atoms with van der Waals surface area (Å²) in [5.74, 6) is 2.97. The molecule has 0 saturated carbocycles. The van der Waals surface area contributed by atoms with E-state index in [1.807, 2.05) is 26.8 Å². The number of hydrogen-bond donors (Lipinski definition) is 0. The maximum Gasteiger partial charge on any atom is 0.243 e. The first kappa shape index (κ1) is 19.4. The maximum absolute atomic E-state index is 6.02. The van der Waals surface area contributed by atoms with Crippen LogP contribution in [0.1, 0.15) is 55.6 Å². The second-order valence-electron chi connectivity index (χ2n) is 7.25. The third-order valence-electron chi connectivity index (χ3n) is 4.71. The molecule has 1 aliphatic heterocycles. The lowest BCUT2D eigenvalue weighted by Crippen LogP contribution is -2.23. The van der Waals surface area contributed by atoms with Gasteiger partial charge in [-0.05, 0) is 58.2 Å². The highest BCUT2D eigenvalue weighted by atomic mass is 16.5. The average Bonchev–Trinajstić information content (AvgIpc) is 3.25. The Hall–Kier alpha value is -2.34. The topological polar surface area (TPSA) is 60.6 Å². The molecule has 1 unspecified atom stereocenters. The first-order chi connectivity index (χ1) is 13.0. The van der Waals surface area contributed by atoms with Crippen LogP contribution < -0.4 is 9.47 Å². The van der Waals surface area contributed by atoms with Gasteiger partial charge in [0, 0.05) is 12.1 Å². The molecular weight excluding hydrogens is 342 g/mol. The number of ether oxygens (including phenoxy) is 2. The molecule has 1 atom stereocenters. The van der Waals surface area contributed by atoms with Gasteiger partial charge in [0.05, 0.1) is 19.3 Å². The lowest BCUT2D eigenvalue weighted by molar-refractivity contribution is 0.200. The molecule has 0 aliphatic carbocycles. The summed E-state index contributed by atoms with van der Waals surface area (Å²) in [5, 5.41) is 3.95. The van der Waals surface area contributed by atoms with Crippen LogP contribution >= 0.6 is 0 Å². The van der Waals surface area contributed by atoms with Gasteiger partial charge in [-0.2, -0.15) is 4.98 Å². The molecule has 6 nitrogen and oxygen atoms in total. The van der Waals surface area contributed by atoms with Crippen LogP contribution in [-0.2, 0) is 13.0 Å². The van der Waals surface area contributed by atoms with Crippen molar-refractivity contribution in [2.75, 3.05) is 13.7 Å². The zero-order valence-electron chi connectivity index (χ0n) is 16.7. The fourth-order valence-electron chi connectivity index (χ4n) is 3.62. The summed E-state index contributed by atoms with van der Waals surface area (Å²) in [6, 6.07) is 4.43. The van der Waals surface area contributed by atoms with Crippen LogP contribution in [-0.4, -0.2) is 34.8 Å². The molecule has 3 rings (SSSR count). The minimum absolute atomic E-state index is 0.0806. The van der Waals surface area contributed by atoms with Crippen LogP contribution in [0.5, 0.6) is 11.5 Å². The van der Waals surface area contributed by atoms with E-state index in [4.69, 9.17) is 14.0 Å². The van der Waals surface area contributed by atoms with Gasteiger partial charge in [-0.1, -0.05) is 17.3 Å². The molecule has 27 heavy (non-hydrogen) atoms. The maximum atomic E-state index is 6.02. The predicted molar refractivity (Wildman–Crippen MR) is 104 cm³/mol. The van der Waals surface area contributed by atoms with E-state index >= 15 is 0 Å². The lowest BCUT2D eigenvalue weighted by Gasteiger charge is -2.23. The highest BCUT2D eigenvalue weighted by molar-refractivity contribution is 5.50. The largest absolute Gasteiger partial charge is 0.493 e. The van der Waals surface area contributed by atoms with Crippen molar-refractivity contribution in [2.24, 2.45) is 0 Å². The molecule has 0 amide bonds. The summed E-state index contributed by atoms with van der Waals surface area (Å²) in [6.07, 6.45) is 4.87. The van der Waals surface area contributed by atoms with Gasteiger partial charge in [0.25, 0.3) is 0 Å². The zero-order chi connectivity index (χ0) is 19.4. The van der Waals surface area contributed by atoms with Crippen LogP contribution in [0.2, 0.25) is 0 Å². The smallest absolute Gasteiger partial charge is 0.243 e. The van der Waals surface area contributed by atoms with Gasteiger partial charge in [-0.3, -0.25) is 4.90 Å². The molecule has 1 aromatic heterocycles. The number of aromatic nitrogens is 2. The SMILES string of the molecule is C=CCc1cc(CN2CCCC2c2nc(C)no2)cc(OC)c1OC(C)C. The second kappa shape index (κ2) is 8.57. The molecule has 0 radical (unpaired) electrons. The number of nitrogens with zero attached hydrogens (tertiary/aromatic N) is 3. The number of likely N-dealkylation sites (tertiary alicyclic amines) is 1. The second-order valence-corrected chi connectivity index (χ2v) is 7.25. The van der Waals surface area contributed by atoms with Crippen molar-refractivity contribution < 1.29 is 14.0 Å². The van der Waals surface area contributed by atoms with Crippen molar-refractivity contribution in [3.05, 3.63) is 47.6 Å². The Bertz CT molecular complexity index is 785. The third-order valence-corrected chi connectivity index (χ3v) is 4.71. The number of aryl methyl sites for hydroxylation is 1. The third kappa shape index (κ3) is 4.50. The predicted octanol–water partition coefficient (Wildman–Crippen LogP) is 4.24. The highest BCUT2D eigenvalue weighted by Gasteiger charge is 2.30. The Balaban J connectivity index is 1.87. The van der Waals surface area contributed by atoms with E-state index in [0.717, 1.165) is 49.4 Å². The van der Waals surface area contributed by atoms with E-state index in [0.29, 0.717) is 11.7 Å². The number of rotatable bonds is 8. The average molecular weight is 371 g/mol. The van der Waals surface area contributed by atoms with Crippen molar-refractivity contribution >= 4 is 0 Å². The normalized spacial score (nSPS) is 17.4. The van der Waals surface area contributed by atoms with Crippen LogP contribution in [0.25, 0.3) is 0 Å². The standard InChI is InChI=1S/C21H29N3O3/c1-6-8-17-11-16(12-19(25-5)20(17)26-14(2)3)13-24-10-7-9-18(24)21-22-15(4)23-27-21/h6,11-12,14,18H,1,7-10,13H2,2-5H3. The molecule has 0 N–H and O–H groups in total. The number of benzene rings is 1. The summed E-state index contributed by atoms with van der Waals surface area (Å²) in [7, 11) is 1.68. The van der Waals surface area contributed by atoms with E-state index < -0.39 is 0 Å². The molecule has 1 saturated heterocycles. The highest BCUT2D eigenvalue weighted by Crippen LogP contribution is 2.37. The summed E-state index contributed by atoms with van der Waals surface area (Å²) < 4.78 is 17.1. The van der Waals surface area contributed by atoms with Crippen molar-refractivity contribution in [3.63, 3.8) is 0 Å². The van der Waals surface area contributed by atoms with E-state index in [9.17, 15) is 0 Å². The number of methoxy groups -OCH3 is 1. The Morgan fingerprint density at radius 1 is 1.41 bits per heavy atom. The van der Waals surface area contributed by atoms with Crippen molar-refractivity contribution in [1.29, 1.82) is 0 Å². The van der Waals surface area contributed by atoms with Gasteiger partial charge in [0.2, 0.25) is 5.89 Å². The molecule has 146 valence electrons. The van der Waals surface area contributed by atoms with Crippen LogP contribution in [0.3, 0.4) is 0 Å². The minimum Gasteiger partial charge on any atom is -0.493 e. The van der Waals surface area contributed by atoms with Crippen molar-refractivity contribution in [1.82, 2.24) is 15.0 Å². The van der Waals surface area contributed by atoms with Gasteiger partial charge in [-0.15, -0.1) is 6.58 Å². The summed E-state index contributed by atoms with van der Waals surface area (Å²) in [5.41, 5.74) is 2.28. The monoisotopic (exact) mass is 371 g/mol. The first-order valence-electron chi connectivity index (χ1n) is 9.53. The van der Waals surface area contributed by atoms with Crippen molar-refractivity contribution in [3.8, 4) is 11.5 Å². The molecule has 2 heterocycles. The summed E-state index contributed by atoms with van der Waals surface area (Å²) >= 11 is 0. The Labute approximate surface area is 161 Å². The summed E-state index contributed by atoms with van der Waals surface area (Å²) in [4.78, 5) is 6.83. The summed E-state index contributed by atoms with van der Waals surface area (Å²) in [6.45, 7) is 11.6. The lowest BCUT2D eigenvalue weighted by atomic mass is 10.0. The number of allylic oxidation sites excluding steroid dienone is 1. The fourth-order valence-corrected chi connectivity index (χ4v) is 3.62. The van der Waals surface area contributed by atoms with Crippen molar-refractivity contribution in [2.45, 2.75) is 58.7 Å². The van der Waals surface area contributed by atoms with Crippen LogP contribution in [0.4, 0.5) is 0 Å². The molecule has 0 bridgehead atoms. The fraction of sp³-hybridized carbons (Fsp3) is 0.524. The molecule has 1 aliphatic rings. The Kier molecular flexibility index (Phi) is 6.16.